The summed E-state index contributed by atoms with van der Waals surface area (Å²) in [5.41, 5.74) is 1.04. The number of nitrogens with zero attached hydrogens (tertiary/aromatic N) is 1. The van der Waals surface area contributed by atoms with Crippen molar-refractivity contribution in [3.63, 3.8) is 0 Å². The second kappa shape index (κ2) is 6.03. The number of rotatable bonds is 6. The Hall–Kier alpha value is -1.36. The SMILES string of the molecule is CC1(C)[C@H](Cc2cc(CCO)on2)C[C@@H]1NC(=O)C1CCC1. The van der Waals surface area contributed by atoms with Crippen LogP contribution in [0.1, 0.15) is 51.0 Å². The zero-order valence-electron chi connectivity index (χ0n) is 13.5. The number of aliphatic hydroxyl groups excluding tert-OH is 1. The highest BCUT2D eigenvalue weighted by molar-refractivity contribution is 5.79. The molecule has 3 rings (SSSR count). The lowest BCUT2D eigenvalue weighted by Crippen LogP contribution is -2.59. The van der Waals surface area contributed by atoms with Gasteiger partial charge in [-0.2, -0.15) is 0 Å². The molecule has 2 aliphatic carbocycles. The van der Waals surface area contributed by atoms with Crippen LogP contribution in [-0.4, -0.2) is 28.8 Å². The average molecular weight is 306 g/mol. The van der Waals surface area contributed by atoms with Crippen molar-refractivity contribution < 1.29 is 14.4 Å². The smallest absolute Gasteiger partial charge is 0.223 e. The average Bonchev–Trinajstić information content (AvgIpc) is 2.83. The summed E-state index contributed by atoms with van der Waals surface area (Å²) in [4.78, 5) is 12.1. The van der Waals surface area contributed by atoms with Gasteiger partial charge in [0.25, 0.3) is 0 Å². The summed E-state index contributed by atoms with van der Waals surface area (Å²) in [5.74, 6) is 1.75. The summed E-state index contributed by atoms with van der Waals surface area (Å²) >= 11 is 0. The van der Waals surface area contributed by atoms with Gasteiger partial charge < -0.3 is 14.9 Å². The number of aliphatic hydroxyl groups is 1. The number of aromatic nitrogens is 1. The van der Waals surface area contributed by atoms with Crippen molar-refractivity contribution in [3.8, 4) is 0 Å². The third kappa shape index (κ3) is 2.91. The van der Waals surface area contributed by atoms with E-state index in [-0.39, 0.29) is 29.9 Å². The van der Waals surface area contributed by atoms with Gasteiger partial charge in [-0.1, -0.05) is 25.4 Å². The van der Waals surface area contributed by atoms with Crippen molar-refractivity contribution in [2.45, 2.75) is 58.4 Å². The molecule has 122 valence electrons. The van der Waals surface area contributed by atoms with Gasteiger partial charge in [0.05, 0.1) is 12.3 Å². The van der Waals surface area contributed by atoms with Gasteiger partial charge in [-0.05, 0) is 37.0 Å². The van der Waals surface area contributed by atoms with Crippen LogP contribution in [0.2, 0.25) is 0 Å². The van der Waals surface area contributed by atoms with Gasteiger partial charge >= 0.3 is 0 Å². The van der Waals surface area contributed by atoms with E-state index in [0.717, 1.165) is 37.1 Å². The predicted molar refractivity (Wildman–Crippen MR) is 82.2 cm³/mol. The van der Waals surface area contributed by atoms with Gasteiger partial charge in [0.2, 0.25) is 5.91 Å². The minimum absolute atomic E-state index is 0.0822. The number of amides is 1. The second-order valence-corrected chi connectivity index (χ2v) is 7.41. The van der Waals surface area contributed by atoms with E-state index in [9.17, 15) is 4.79 Å². The fourth-order valence-electron chi connectivity index (χ4n) is 3.50. The molecular formula is C17H26N2O3. The van der Waals surface area contributed by atoms with Gasteiger partial charge in [0, 0.05) is 24.4 Å². The summed E-state index contributed by atoms with van der Waals surface area (Å²) in [5, 5.41) is 16.2. The Bertz CT molecular complexity index is 534. The Morgan fingerprint density at radius 3 is 2.86 bits per heavy atom. The van der Waals surface area contributed by atoms with Crippen molar-refractivity contribution in [2.75, 3.05) is 6.61 Å². The molecule has 0 saturated heterocycles. The molecule has 1 amide bonds. The second-order valence-electron chi connectivity index (χ2n) is 7.41. The Labute approximate surface area is 131 Å². The number of hydrogen-bond acceptors (Lipinski definition) is 4. The summed E-state index contributed by atoms with van der Waals surface area (Å²) in [6.45, 7) is 4.53. The summed E-state index contributed by atoms with van der Waals surface area (Å²) in [7, 11) is 0. The maximum absolute atomic E-state index is 12.1. The van der Waals surface area contributed by atoms with Gasteiger partial charge in [-0.3, -0.25) is 4.79 Å². The van der Waals surface area contributed by atoms with Crippen LogP contribution >= 0.6 is 0 Å². The maximum Gasteiger partial charge on any atom is 0.223 e. The Kier molecular flexibility index (Phi) is 4.26. The van der Waals surface area contributed by atoms with Crippen molar-refractivity contribution in [2.24, 2.45) is 17.3 Å². The summed E-state index contributed by atoms with van der Waals surface area (Å²) < 4.78 is 5.21. The lowest BCUT2D eigenvalue weighted by Gasteiger charge is -2.52. The molecule has 0 aliphatic heterocycles. The molecule has 0 unspecified atom stereocenters. The molecule has 1 heterocycles. The molecule has 0 spiro atoms. The minimum Gasteiger partial charge on any atom is -0.396 e. The van der Waals surface area contributed by atoms with Crippen LogP contribution in [0.5, 0.6) is 0 Å². The molecule has 2 fully saturated rings. The van der Waals surface area contributed by atoms with Crippen LogP contribution in [0.15, 0.2) is 10.6 Å². The zero-order valence-corrected chi connectivity index (χ0v) is 13.5. The summed E-state index contributed by atoms with van der Waals surface area (Å²) in [6.07, 6.45) is 5.69. The molecule has 5 nitrogen and oxygen atoms in total. The quantitative estimate of drug-likeness (QED) is 0.844. The van der Waals surface area contributed by atoms with Crippen LogP contribution in [0, 0.1) is 17.3 Å². The van der Waals surface area contributed by atoms with Gasteiger partial charge in [-0.25, -0.2) is 0 Å². The number of carbonyl (C=O) groups excluding carboxylic acids is 1. The Morgan fingerprint density at radius 2 is 2.27 bits per heavy atom. The topological polar surface area (TPSA) is 75.4 Å². The zero-order chi connectivity index (χ0) is 15.7. The molecule has 5 heteroatoms. The lowest BCUT2D eigenvalue weighted by atomic mass is 9.57. The normalized spacial score (nSPS) is 27.0. The largest absolute Gasteiger partial charge is 0.396 e. The Morgan fingerprint density at radius 1 is 1.50 bits per heavy atom. The Balaban J connectivity index is 1.52. The molecule has 1 aromatic rings. The van der Waals surface area contributed by atoms with E-state index < -0.39 is 0 Å². The van der Waals surface area contributed by atoms with Crippen molar-refractivity contribution in [1.82, 2.24) is 10.5 Å². The van der Waals surface area contributed by atoms with E-state index >= 15 is 0 Å². The molecule has 0 bridgehead atoms. The molecule has 2 atom stereocenters. The van der Waals surface area contributed by atoms with E-state index in [2.05, 4.69) is 24.3 Å². The standard InChI is InChI=1S/C17H26N2O3/c1-17(2)12(8-13-10-14(6-7-20)22-19-13)9-15(17)18-16(21)11-4-3-5-11/h10-12,15,20H,3-9H2,1-2H3,(H,18,21)/t12-,15+/m1/s1. The fraction of sp³-hybridized carbons (Fsp3) is 0.765. The first-order valence-corrected chi connectivity index (χ1v) is 8.36. The molecule has 22 heavy (non-hydrogen) atoms. The number of carbonyl (C=O) groups is 1. The predicted octanol–water partition coefficient (Wildman–Crippen LogP) is 2.08. The number of nitrogens with one attached hydrogen (secondary N) is 1. The fourth-order valence-corrected chi connectivity index (χ4v) is 3.50. The lowest BCUT2D eigenvalue weighted by molar-refractivity contribution is -0.132. The van der Waals surface area contributed by atoms with Crippen molar-refractivity contribution in [1.29, 1.82) is 0 Å². The third-order valence-electron chi connectivity index (χ3n) is 5.68. The molecular weight excluding hydrogens is 280 g/mol. The van der Waals surface area contributed by atoms with Crippen LogP contribution in [0.3, 0.4) is 0 Å². The highest BCUT2D eigenvalue weighted by Crippen LogP contribution is 2.48. The van der Waals surface area contributed by atoms with E-state index in [1.54, 1.807) is 0 Å². The molecule has 0 radical (unpaired) electrons. The van der Waals surface area contributed by atoms with E-state index in [4.69, 9.17) is 9.63 Å². The third-order valence-corrected chi connectivity index (χ3v) is 5.68. The first-order chi connectivity index (χ1) is 10.5. The monoisotopic (exact) mass is 306 g/mol. The van der Waals surface area contributed by atoms with Crippen LogP contribution < -0.4 is 5.32 Å². The number of hydrogen-bond donors (Lipinski definition) is 2. The van der Waals surface area contributed by atoms with Crippen molar-refractivity contribution in [3.05, 3.63) is 17.5 Å². The van der Waals surface area contributed by atoms with E-state index in [1.807, 2.05) is 6.07 Å². The van der Waals surface area contributed by atoms with E-state index in [1.165, 1.54) is 6.42 Å². The minimum atomic E-state index is 0.0822. The summed E-state index contributed by atoms with van der Waals surface area (Å²) in [6, 6.07) is 2.21. The highest BCUT2D eigenvalue weighted by atomic mass is 16.5. The first kappa shape index (κ1) is 15.5. The van der Waals surface area contributed by atoms with Crippen LogP contribution in [-0.2, 0) is 17.6 Å². The molecule has 2 saturated carbocycles. The first-order valence-electron chi connectivity index (χ1n) is 8.36. The maximum atomic E-state index is 12.1. The molecule has 2 N–H and O–H groups in total. The van der Waals surface area contributed by atoms with Crippen molar-refractivity contribution >= 4 is 5.91 Å². The molecule has 2 aliphatic rings. The van der Waals surface area contributed by atoms with Gasteiger partial charge in [-0.15, -0.1) is 0 Å². The molecule has 0 aromatic carbocycles. The highest BCUT2D eigenvalue weighted by Gasteiger charge is 2.49. The van der Waals surface area contributed by atoms with Gasteiger partial charge in [0.1, 0.15) is 5.76 Å². The van der Waals surface area contributed by atoms with Gasteiger partial charge in [0.15, 0.2) is 0 Å². The van der Waals surface area contributed by atoms with E-state index in [0.29, 0.717) is 12.3 Å². The van der Waals surface area contributed by atoms with Crippen LogP contribution in [0.4, 0.5) is 0 Å². The van der Waals surface area contributed by atoms with Crippen LogP contribution in [0.25, 0.3) is 0 Å². The molecule has 1 aromatic heterocycles.